The zero-order valence-electron chi connectivity index (χ0n) is 63.1. The van der Waals surface area contributed by atoms with E-state index in [9.17, 15) is 0 Å². The molecular formula is C105H69N6P3S2Se. The summed E-state index contributed by atoms with van der Waals surface area (Å²) < 4.78 is 6.97. The molecule has 0 saturated heterocycles. The molecule has 18 aromatic carbocycles. The van der Waals surface area contributed by atoms with Crippen LogP contribution in [0.2, 0.25) is 0 Å². The van der Waals surface area contributed by atoms with E-state index >= 15 is 0 Å². The van der Waals surface area contributed by atoms with E-state index in [1.807, 2.05) is 0 Å². The third-order valence-electron chi connectivity index (χ3n) is 23.5. The van der Waals surface area contributed by atoms with Gasteiger partial charge in [-0.3, -0.25) is 8.80 Å². The second-order valence-electron chi connectivity index (χ2n) is 29.8. The van der Waals surface area contributed by atoms with Crippen molar-refractivity contribution >= 4 is 251 Å². The minimum absolute atomic E-state index is 0.981. The van der Waals surface area contributed by atoms with Crippen LogP contribution in [0.25, 0.3) is 147 Å². The minimum atomic E-state index is -2.42. The molecule has 0 unspecified atom stereocenters. The van der Waals surface area contributed by atoms with E-state index in [4.69, 9.17) is 38.6 Å². The van der Waals surface area contributed by atoms with E-state index in [2.05, 4.69) is 447 Å². The Morgan fingerprint density at radius 3 is 1.02 bits per heavy atom. The Hall–Kier alpha value is -12.6. The number of hydrogen-bond donors (Lipinski definition) is 0. The summed E-state index contributed by atoms with van der Waals surface area (Å²) in [5.41, 5.74) is 10.8. The summed E-state index contributed by atoms with van der Waals surface area (Å²) in [6, 6.07) is 145. The summed E-state index contributed by atoms with van der Waals surface area (Å²) in [5, 5.41) is 29.6. The number of fused-ring (bicyclic) bond motifs is 30. The van der Waals surface area contributed by atoms with Gasteiger partial charge < -0.3 is 0 Å². The molecule has 0 saturated carbocycles. The van der Waals surface area contributed by atoms with E-state index in [0.29, 0.717) is 0 Å². The SMILES string of the molecule is S=P(c1ccccc1)(c1ccccc1)c1ccc2ccc3c(c2c1)c1ccccc1n1c2ccccc2nc31.S=P(c1ccccc1)(c1ccccc1)c1cccc2c1c1c3ccccc3ccc1c1nc3ccccc3n21.[Se]=P(c1ccccc1)(c1ccccc1)c1cccc2ccc3c(c4ccccc4n4c5ccccc5nc34)c12. The van der Waals surface area contributed by atoms with Gasteiger partial charge in [-0.05, 0) is 103 Å². The molecule has 0 N–H and O–H groups in total. The second kappa shape index (κ2) is 28.7. The summed E-state index contributed by atoms with van der Waals surface area (Å²) in [6.07, 6.45) is 0. The summed E-state index contributed by atoms with van der Waals surface area (Å²) in [4.78, 5) is 15.4. The molecule has 0 amide bonds. The van der Waals surface area contributed by atoms with E-state index < -0.39 is 17.6 Å². The normalized spacial score (nSPS) is 12.2. The Labute approximate surface area is 692 Å². The fraction of sp³-hybridized carbons (Fsp3) is 0. The average Bonchev–Trinajstić information content (AvgIpc) is 0.830. The van der Waals surface area contributed by atoms with E-state index in [-0.39, 0.29) is 0 Å². The number of aromatic nitrogens is 6. The first kappa shape index (κ1) is 71.0. The van der Waals surface area contributed by atoms with Gasteiger partial charge in [0, 0.05) is 49.7 Å². The molecular weight excluding hydrogens is 1580 g/mol. The predicted molar refractivity (Wildman–Crippen MR) is 512 cm³/mol. The summed E-state index contributed by atoms with van der Waals surface area (Å²) in [5.74, 6) is 0. The zero-order valence-corrected chi connectivity index (χ0v) is 69.1. The topological polar surface area (TPSA) is 51.9 Å². The van der Waals surface area contributed by atoms with Gasteiger partial charge in [-0.2, -0.15) is 0 Å². The quantitative estimate of drug-likeness (QED) is 0.0819. The molecule has 552 valence electrons. The van der Waals surface area contributed by atoms with Gasteiger partial charge in [0.05, 0.1) is 33.1 Å². The molecule has 12 heteroatoms. The van der Waals surface area contributed by atoms with Crippen LogP contribution in [0.3, 0.4) is 0 Å². The molecule has 0 spiro atoms. The van der Waals surface area contributed by atoms with E-state index in [1.165, 1.54) is 123 Å². The average molecular weight is 1650 g/mol. The van der Waals surface area contributed by atoms with Crippen molar-refractivity contribution in [3.8, 4) is 0 Å². The fourth-order valence-corrected chi connectivity index (χ4v) is 31.5. The molecule has 0 radical (unpaired) electrons. The summed E-state index contributed by atoms with van der Waals surface area (Å²) in [6.45, 7) is 0. The summed E-state index contributed by atoms with van der Waals surface area (Å²) in [7, 11) is 0. The molecule has 6 nitrogen and oxygen atoms in total. The van der Waals surface area contributed by atoms with Crippen LogP contribution in [-0.4, -0.2) is 43.3 Å². The van der Waals surface area contributed by atoms with Gasteiger partial charge in [-0.1, -0.05) is 248 Å². The fourth-order valence-electron chi connectivity index (χ4n) is 18.3. The van der Waals surface area contributed by atoms with Gasteiger partial charge >= 0.3 is 235 Å². The maximum atomic E-state index is 6.90. The maximum absolute atomic E-state index is 6.90. The van der Waals surface area contributed by atoms with Crippen molar-refractivity contribution in [1.29, 1.82) is 0 Å². The molecule has 0 aliphatic carbocycles. The van der Waals surface area contributed by atoms with E-state index in [0.717, 1.165) is 71.8 Å². The third kappa shape index (κ3) is 11.3. The molecule has 0 bridgehead atoms. The van der Waals surface area contributed by atoms with Crippen molar-refractivity contribution in [2.24, 2.45) is 0 Å². The van der Waals surface area contributed by atoms with Gasteiger partial charge in [0.15, 0.2) is 0 Å². The van der Waals surface area contributed by atoms with Gasteiger partial charge in [0.2, 0.25) is 0 Å². The molecule has 24 aromatic rings. The van der Waals surface area contributed by atoms with Crippen LogP contribution in [0.4, 0.5) is 0 Å². The number of pyridine rings is 3. The van der Waals surface area contributed by atoms with Gasteiger partial charge in [0.25, 0.3) is 0 Å². The standard InChI is InChI=1S/2C35H23N2PS.C35H23N2PSe/c39-38(25-11-3-1-4-12-25,26-13-5-2-6-14-26)27-21-19-24-20-22-29-34(30(24)23-27)28-15-7-9-17-32(28)37-33-18-10-8-16-31(33)36-35(29)37;39-38(25-13-3-1-4-14-25,26-15-5-2-6-16-26)32-21-11-20-31-34(32)33-27-17-8-7-12-24(27)22-23-28(33)35-36-29-18-9-10-19-30(29)37(31)35;39-38(25-13-3-1-4-14-25,26-15-5-2-6-16-26)32-21-11-12-24-22-23-28-34(33(24)32)27-17-7-9-19-30(27)37-31-20-10-8-18-29(31)36-35(28)37/h3*1-23H. The molecule has 0 aliphatic heterocycles. The van der Waals surface area contributed by atoms with Crippen molar-refractivity contribution in [3.63, 3.8) is 0 Å². The molecule has 0 aliphatic rings. The van der Waals surface area contributed by atoms with Crippen LogP contribution < -0.4 is 47.7 Å². The first-order valence-corrected chi connectivity index (χ1v) is 48.9. The van der Waals surface area contributed by atoms with Crippen molar-refractivity contribution in [2.75, 3.05) is 0 Å². The van der Waals surface area contributed by atoms with Gasteiger partial charge in [-0.25, -0.2) is 9.97 Å². The van der Waals surface area contributed by atoms with E-state index in [1.54, 1.807) is 0 Å². The Kier molecular flexibility index (Phi) is 17.4. The van der Waals surface area contributed by atoms with Crippen molar-refractivity contribution < 1.29 is 0 Å². The number of hydrogen-bond acceptors (Lipinski definition) is 5. The Morgan fingerprint density at radius 1 is 0.205 bits per heavy atom. The van der Waals surface area contributed by atoms with Crippen LogP contribution in [0, 0.1) is 0 Å². The zero-order chi connectivity index (χ0) is 77.9. The summed E-state index contributed by atoms with van der Waals surface area (Å²) >= 11 is 17.4. The van der Waals surface area contributed by atoms with Crippen LogP contribution in [0.15, 0.2) is 419 Å². The van der Waals surface area contributed by atoms with Crippen LogP contribution >= 0.6 is 17.6 Å². The van der Waals surface area contributed by atoms with Crippen LogP contribution in [0.1, 0.15) is 0 Å². The van der Waals surface area contributed by atoms with Crippen LogP contribution in [0.5, 0.6) is 0 Å². The molecule has 24 rings (SSSR count). The number of benzene rings is 18. The molecule has 0 atom stereocenters. The van der Waals surface area contributed by atoms with Crippen molar-refractivity contribution in [1.82, 2.24) is 28.2 Å². The Bertz CT molecular complexity index is 8160. The molecule has 6 heterocycles. The molecule has 6 aromatic heterocycles. The van der Waals surface area contributed by atoms with Crippen molar-refractivity contribution in [2.45, 2.75) is 0 Å². The van der Waals surface area contributed by atoms with Gasteiger partial charge in [0.1, 0.15) is 11.3 Å². The first-order chi connectivity index (χ1) is 57.7. The Balaban J connectivity index is 0.000000106. The van der Waals surface area contributed by atoms with Crippen molar-refractivity contribution in [3.05, 3.63) is 419 Å². The number of rotatable bonds is 9. The first-order valence-electron chi connectivity index (χ1n) is 39.3. The monoisotopic (exact) mass is 1650 g/mol. The number of imidazole rings is 3. The number of nitrogens with zero attached hydrogens (tertiary/aromatic N) is 6. The third-order valence-corrected chi connectivity index (χ3v) is 40.4. The van der Waals surface area contributed by atoms with Crippen LogP contribution in [-0.2, 0) is 23.6 Å². The molecule has 0 fully saturated rings. The predicted octanol–water partition coefficient (Wildman–Crippen LogP) is 22.7. The molecule has 117 heavy (non-hydrogen) atoms. The van der Waals surface area contributed by atoms with Gasteiger partial charge in [-0.15, -0.1) is 0 Å². The number of para-hydroxylation sites is 8. The Morgan fingerprint density at radius 2 is 0.530 bits per heavy atom. The second-order valence-corrected chi connectivity index (χ2v) is 44.8.